The van der Waals surface area contributed by atoms with Gasteiger partial charge in [0.05, 0.1) is 0 Å². The Morgan fingerprint density at radius 2 is 1.89 bits per heavy atom. The molecule has 0 fully saturated rings. The fraction of sp³-hybridized carbons (Fsp3) is 0.625. The average molecular weight is 265 g/mol. The molecule has 3 nitrogen and oxygen atoms in total. The molecule has 0 unspecified atom stereocenters. The first-order chi connectivity index (χ1) is 8.81. The fourth-order valence-corrected chi connectivity index (χ4v) is 2.26. The number of phenolic OH excluding ortho intramolecular Hbond substituents is 1. The second-order valence-corrected chi connectivity index (χ2v) is 6.48. The second kappa shape index (κ2) is 6.92. The number of rotatable bonds is 6. The van der Waals surface area contributed by atoms with Gasteiger partial charge in [-0.1, -0.05) is 38.5 Å². The maximum Gasteiger partial charge on any atom is 0.120 e. The molecule has 0 atom stereocenters. The van der Waals surface area contributed by atoms with Crippen LogP contribution in [0, 0.1) is 12.3 Å². The predicted octanol–water partition coefficient (Wildman–Crippen LogP) is 2.93. The van der Waals surface area contributed by atoms with Crippen LogP contribution in [0.4, 0.5) is 0 Å². The lowest BCUT2D eigenvalue weighted by atomic mass is 9.95. The Hall–Kier alpha value is -1.06. The Balaban J connectivity index is 2.78. The van der Waals surface area contributed by atoms with Gasteiger partial charge in [-0.25, -0.2) is 0 Å². The number of aliphatic hydroxyl groups excluding tert-OH is 1. The van der Waals surface area contributed by atoms with Crippen LogP contribution in [0.3, 0.4) is 0 Å². The number of hydrogen-bond acceptors (Lipinski definition) is 3. The minimum absolute atomic E-state index is 0.203. The molecule has 1 aromatic carbocycles. The molecular formula is C16H27NO2. The minimum atomic E-state index is 0.203. The third-order valence-corrected chi connectivity index (χ3v) is 2.96. The maximum atomic E-state index is 9.93. The van der Waals surface area contributed by atoms with Gasteiger partial charge >= 0.3 is 0 Å². The number of benzene rings is 1. The Kier molecular flexibility index (Phi) is 5.83. The van der Waals surface area contributed by atoms with Crippen molar-refractivity contribution in [3.63, 3.8) is 0 Å². The highest BCUT2D eigenvalue weighted by molar-refractivity contribution is 5.35. The predicted molar refractivity (Wildman–Crippen MR) is 79.3 cm³/mol. The lowest BCUT2D eigenvalue weighted by molar-refractivity contribution is 0.165. The van der Waals surface area contributed by atoms with Crippen molar-refractivity contribution >= 4 is 0 Å². The molecule has 0 heterocycles. The molecule has 0 radical (unpaired) electrons. The molecule has 1 rings (SSSR count). The van der Waals surface area contributed by atoms with E-state index in [4.69, 9.17) is 5.11 Å². The lowest BCUT2D eigenvalue weighted by Gasteiger charge is -2.30. The third kappa shape index (κ3) is 6.08. The highest BCUT2D eigenvalue weighted by Gasteiger charge is 2.17. The number of hydrogen-bond donors (Lipinski definition) is 2. The van der Waals surface area contributed by atoms with Crippen molar-refractivity contribution in [3.05, 3.63) is 29.3 Å². The van der Waals surface area contributed by atoms with Gasteiger partial charge in [-0.15, -0.1) is 0 Å². The Labute approximate surface area is 116 Å². The maximum absolute atomic E-state index is 9.93. The van der Waals surface area contributed by atoms with E-state index in [2.05, 4.69) is 25.7 Å². The molecule has 108 valence electrons. The van der Waals surface area contributed by atoms with Crippen LogP contribution in [0.2, 0.25) is 0 Å². The summed E-state index contributed by atoms with van der Waals surface area (Å²) in [5.74, 6) is 0.355. The molecule has 2 N–H and O–H groups in total. The summed E-state index contributed by atoms with van der Waals surface area (Å²) in [5.41, 5.74) is 2.32. The first kappa shape index (κ1) is 16.0. The molecule has 0 aliphatic heterocycles. The standard InChI is InChI=1S/C16H27NO2/c1-13-6-7-15(19)14(10-13)11-17(8-5-9-18)12-16(2,3)4/h6-7,10,18-19H,5,8-9,11-12H2,1-4H3. The van der Waals surface area contributed by atoms with E-state index in [9.17, 15) is 5.11 Å². The van der Waals surface area contributed by atoms with Gasteiger partial charge in [0.15, 0.2) is 0 Å². The van der Waals surface area contributed by atoms with Crippen LogP contribution in [0.15, 0.2) is 18.2 Å². The van der Waals surface area contributed by atoms with Crippen molar-refractivity contribution in [1.29, 1.82) is 0 Å². The molecule has 0 saturated carbocycles. The molecule has 0 spiro atoms. The fourth-order valence-electron chi connectivity index (χ4n) is 2.26. The number of aryl methyl sites for hydroxylation is 1. The Bertz CT molecular complexity index is 396. The van der Waals surface area contributed by atoms with Crippen LogP contribution in [0.25, 0.3) is 0 Å². The average Bonchev–Trinajstić information content (AvgIpc) is 2.29. The number of phenols is 1. The molecule has 0 aromatic heterocycles. The van der Waals surface area contributed by atoms with Crippen LogP contribution < -0.4 is 0 Å². The van der Waals surface area contributed by atoms with Crippen LogP contribution >= 0.6 is 0 Å². The molecular weight excluding hydrogens is 238 g/mol. The second-order valence-electron chi connectivity index (χ2n) is 6.48. The van der Waals surface area contributed by atoms with Gasteiger partial charge in [0, 0.05) is 31.8 Å². The topological polar surface area (TPSA) is 43.7 Å². The summed E-state index contributed by atoms with van der Waals surface area (Å²) < 4.78 is 0. The van der Waals surface area contributed by atoms with E-state index in [0.717, 1.165) is 37.2 Å². The van der Waals surface area contributed by atoms with Gasteiger partial charge < -0.3 is 10.2 Å². The van der Waals surface area contributed by atoms with Gasteiger partial charge in [-0.2, -0.15) is 0 Å². The molecule has 0 aliphatic rings. The molecule has 1 aromatic rings. The zero-order chi connectivity index (χ0) is 14.5. The Morgan fingerprint density at radius 3 is 2.47 bits per heavy atom. The molecule has 0 amide bonds. The monoisotopic (exact) mass is 265 g/mol. The van der Waals surface area contributed by atoms with Crippen molar-refractivity contribution in [2.45, 2.75) is 40.7 Å². The van der Waals surface area contributed by atoms with Gasteiger partial charge in [0.25, 0.3) is 0 Å². The van der Waals surface area contributed by atoms with E-state index >= 15 is 0 Å². The molecule has 0 bridgehead atoms. The summed E-state index contributed by atoms with van der Waals surface area (Å²) in [6.45, 7) is 11.4. The normalized spacial score (nSPS) is 12.1. The summed E-state index contributed by atoms with van der Waals surface area (Å²) in [4.78, 5) is 2.30. The van der Waals surface area contributed by atoms with Crippen molar-refractivity contribution in [3.8, 4) is 5.75 Å². The molecule has 3 heteroatoms. The molecule has 0 saturated heterocycles. The first-order valence-corrected chi connectivity index (χ1v) is 6.93. The summed E-state index contributed by atoms with van der Waals surface area (Å²) >= 11 is 0. The van der Waals surface area contributed by atoms with Gasteiger partial charge in [-0.05, 0) is 24.8 Å². The SMILES string of the molecule is Cc1ccc(O)c(CN(CCCO)CC(C)(C)C)c1. The summed E-state index contributed by atoms with van der Waals surface area (Å²) in [5, 5.41) is 18.9. The highest BCUT2D eigenvalue weighted by atomic mass is 16.3. The van der Waals surface area contributed by atoms with E-state index in [-0.39, 0.29) is 12.0 Å². The quantitative estimate of drug-likeness (QED) is 0.831. The summed E-state index contributed by atoms with van der Waals surface area (Å²) in [6, 6.07) is 5.70. The zero-order valence-electron chi connectivity index (χ0n) is 12.6. The van der Waals surface area contributed by atoms with Gasteiger partial charge in [0.1, 0.15) is 5.75 Å². The van der Waals surface area contributed by atoms with E-state index in [1.807, 2.05) is 19.1 Å². The van der Waals surface area contributed by atoms with Crippen molar-refractivity contribution < 1.29 is 10.2 Å². The lowest BCUT2D eigenvalue weighted by Crippen LogP contribution is -2.33. The summed E-state index contributed by atoms with van der Waals surface area (Å²) in [6.07, 6.45) is 0.767. The van der Waals surface area contributed by atoms with Gasteiger partial charge in [-0.3, -0.25) is 4.90 Å². The van der Waals surface area contributed by atoms with Crippen molar-refractivity contribution in [2.75, 3.05) is 19.7 Å². The molecule has 19 heavy (non-hydrogen) atoms. The van der Waals surface area contributed by atoms with Gasteiger partial charge in [0.2, 0.25) is 0 Å². The third-order valence-electron chi connectivity index (χ3n) is 2.96. The largest absolute Gasteiger partial charge is 0.508 e. The van der Waals surface area contributed by atoms with Crippen LogP contribution in [-0.4, -0.2) is 34.8 Å². The summed E-state index contributed by atoms with van der Waals surface area (Å²) in [7, 11) is 0. The van der Waals surface area contributed by atoms with Crippen molar-refractivity contribution in [1.82, 2.24) is 4.90 Å². The van der Waals surface area contributed by atoms with E-state index in [1.54, 1.807) is 6.07 Å². The molecule has 0 aliphatic carbocycles. The smallest absolute Gasteiger partial charge is 0.120 e. The Morgan fingerprint density at radius 1 is 1.21 bits per heavy atom. The van der Waals surface area contributed by atoms with E-state index in [0.29, 0.717) is 5.75 Å². The van der Waals surface area contributed by atoms with Crippen LogP contribution in [-0.2, 0) is 6.54 Å². The first-order valence-electron chi connectivity index (χ1n) is 6.93. The number of nitrogens with zero attached hydrogens (tertiary/aromatic N) is 1. The minimum Gasteiger partial charge on any atom is -0.508 e. The van der Waals surface area contributed by atoms with Crippen LogP contribution in [0.5, 0.6) is 5.75 Å². The zero-order valence-corrected chi connectivity index (χ0v) is 12.6. The number of aliphatic hydroxyl groups is 1. The number of aromatic hydroxyl groups is 1. The van der Waals surface area contributed by atoms with Crippen molar-refractivity contribution in [2.24, 2.45) is 5.41 Å². The van der Waals surface area contributed by atoms with Crippen LogP contribution in [0.1, 0.15) is 38.3 Å². The van der Waals surface area contributed by atoms with E-state index < -0.39 is 0 Å². The van der Waals surface area contributed by atoms with E-state index in [1.165, 1.54) is 0 Å². The highest BCUT2D eigenvalue weighted by Crippen LogP contribution is 2.23.